The summed E-state index contributed by atoms with van der Waals surface area (Å²) in [6.07, 6.45) is 0. The zero-order chi connectivity index (χ0) is 38.6. The summed E-state index contributed by atoms with van der Waals surface area (Å²) in [6, 6.07) is 63.2. The van der Waals surface area contributed by atoms with Gasteiger partial charge in [0, 0.05) is 49.0 Å². The van der Waals surface area contributed by atoms with Gasteiger partial charge in [0.1, 0.15) is 16.7 Å². The van der Waals surface area contributed by atoms with Crippen LogP contribution in [0.3, 0.4) is 0 Å². The second-order valence-electron chi connectivity index (χ2n) is 15.1. The van der Waals surface area contributed by atoms with Gasteiger partial charge in [0.2, 0.25) is 0 Å². The van der Waals surface area contributed by atoms with E-state index in [0.29, 0.717) is 17.5 Å². The molecule has 0 unspecified atom stereocenters. The first-order chi connectivity index (χ1) is 29.2. The quantitative estimate of drug-likeness (QED) is 0.179. The van der Waals surface area contributed by atoms with Gasteiger partial charge in [-0.15, -0.1) is 0 Å². The molecule has 0 saturated carbocycles. The van der Waals surface area contributed by atoms with Crippen LogP contribution in [-0.2, 0) is 0 Å². The molecule has 13 aromatic rings. The van der Waals surface area contributed by atoms with Crippen molar-refractivity contribution in [2.45, 2.75) is 0 Å². The molecule has 0 amide bonds. The Hall–Kier alpha value is -8.09. The summed E-state index contributed by atoms with van der Waals surface area (Å²) in [6.45, 7) is 0. The van der Waals surface area contributed by atoms with Gasteiger partial charge in [0.15, 0.2) is 23.1 Å². The van der Waals surface area contributed by atoms with Gasteiger partial charge < -0.3 is 13.4 Å². The third-order valence-electron chi connectivity index (χ3n) is 11.8. The Morgan fingerprint density at radius 3 is 1.75 bits per heavy atom. The molecule has 13 rings (SSSR count). The standard InChI is InChI=1S/C53H30N4O2/c1-2-14-32(15-3-1)51-54-52(38-21-11-25-45-48(38)36-19-8-9-24-44(36)58-45)56-53(55-51)39-22-12-26-46-49(39)37-20-10-23-42(50(37)59-46)57-41-28-27-31-13-6-7-18-35(31)47(41)40-29-33-16-4-5-17-34(33)30-43(40)57/h1-30H. The number of benzene rings is 9. The highest BCUT2D eigenvalue weighted by molar-refractivity contribution is 6.24. The third-order valence-corrected chi connectivity index (χ3v) is 11.8. The molecule has 0 spiro atoms. The minimum Gasteiger partial charge on any atom is -0.456 e. The van der Waals surface area contributed by atoms with Gasteiger partial charge in [-0.2, -0.15) is 0 Å². The molecule has 0 radical (unpaired) electrons. The van der Waals surface area contributed by atoms with Crippen molar-refractivity contribution in [3.8, 4) is 39.9 Å². The molecule has 6 nitrogen and oxygen atoms in total. The topological polar surface area (TPSA) is 69.9 Å². The molecule has 0 atom stereocenters. The maximum absolute atomic E-state index is 6.96. The van der Waals surface area contributed by atoms with E-state index in [2.05, 4.69) is 114 Å². The average Bonchev–Trinajstić information content (AvgIpc) is 3.98. The van der Waals surface area contributed by atoms with Crippen LogP contribution in [0.5, 0.6) is 0 Å². The lowest BCUT2D eigenvalue weighted by Crippen LogP contribution is -2.00. The van der Waals surface area contributed by atoms with Crippen LogP contribution < -0.4 is 0 Å². The van der Waals surface area contributed by atoms with Crippen LogP contribution in [0.15, 0.2) is 191 Å². The predicted molar refractivity (Wildman–Crippen MR) is 240 cm³/mol. The van der Waals surface area contributed by atoms with Crippen LogP contribution in [0.2, 0.25) is 0 Å². The van der Waals surface area contributed by atoms with E-state index in [9.17, 15) is 0 Å². The molecule has 4 heterocycles. The van der Waals surface area contributed by atoms with Crippen molar-refractivity contribution in [1.82, 2.24) is 19.5 Å². The average molecular weight is 755 g/mol. The molecule has 0 saturated heterocycles. The van der Waals surface area contributed by atoms with Crippen LogP contribution in [0, 0.1) is 0 Å². The number of nitrogens with zero attached hydrogens (tertiary/aromatic N) is 4. The number of hydrogen-bond acceptors (Lipinski definition) is 5. The van der Waals surface area contributed by atoms with Gasteiger partial charge in [0.25, 0.3) is 0 Å². The SMILES string of the molecule is c1ccc(-c2nc(-c3cccc4oc5ccccc5c34)nc(-c3cccc4oc5c(-n6c7cc8ccccc8cc7c7c8ccccc8ccc76)cccc5c34)n2)cc1. The minimum absolute atomic E-state index is 0.562. The molecule has 274 valence electrons. The second kappa shape index (κ2) is 12.2. The Balaban J connectivity index is 1.09. The molecular formula is C53H30N4O2. The summed E-state index contributed by atoms with van der Waals surface area (Å²) < 4.78 is 15.6. The smallest absolute Gasteiger partial charge is 0.164 e. The largest absolute Gasteiger partial charge is 0.456 e. The first-order valence-corrected chi connectivity index (χ1v) is 19.8. The molecule has 4 aromatic heterocycles. The minimum atomic E-state index is 0.562. The normalized spacial score (nSPS) is 12.1. The summed E-state index contributed by atoms with van der Waals surface area (Å²) in [5.74, 6) is 1.72. The second-order valence-corrected chi connectivity index (χ2v) is 15.1. The van der Waals surface area contributed by atoms with Crippen LogP contribution in [-0.4, -0.2) is 19.5 Å². The van der Waals surface area contributed by atoms with Gasteiger partial charge >= 0.3 is 0 Å². The van der Waals surface area contributed by atoms with Gasteiger partial charge in [-0.25, -0.2) is 15.0 Å². The van der Waals surface area contributed by atoms with Gasteiger partial charge in [-0.3, -0.25) is 0 Å². The molecule has 0 aliphatic heterocycles. The molecular weight excluding hydrogens is 725 g/mol. The lowest BCUT2D eigenvalue weighted by atomic mass is 10.0. The molecule has 9 aromatic carbocycles. The number of fused-ring (bicyclic) bond motifs is 12. The molecule has 0 bridgehead atoms. The van der Waals surface area contributed by atoms with Crippen LogP contribution in [0.25, 0.3) is 127 Å². The number of hydrogen-bond donors (Lipinski definition) is 0. The highest BCUT2D eigenvalue weighted by Crippen LogP contribution is 2.44. The number of furan rings is 2. The zero-order valence-electron chi connectivity index (χ0n) is 31.4. The lowest BCUT2D eigenvalue weighted by Gasteiger charge is -2.10. The van der Waals surface area contributed by atoms with Crippen LogP contribution in [0.1, 0.15) is 0 Å². The monoisotopic (exact) mass is 754 g/mol. The van der Waals surface area contributed by atoms with Crippen LogP contribution >= 0.6 is 0 Å². The fourth-order valence-electron chi connectivity index (χ4n) is 9.22. The van der Waals surface area contributed by atoms with Crippen molar-refractivity contribution in [3.63, 3.8) is 0 Å². The first kappa shape index (κ1) is 32.0. The number of rotatable bonds is 4. The third kappa shape index (κ3) is 4.71. The summed E-state index contributed by atoms with van der Waals surface area (Å²) >= 11 is 0. The maximum Gasteiger partial charge on any atom is 0.164 e. The fraction of sp³-hybridized carbons (Fsp3) is 0. The van der Waals surface area contributed by atoms with Crippen molar-refractivity contribution in [2.24, 2.45) is 0 Å². The van der Waals surface area contributed by atoms with E-state index in [1.807, 2.05) is 72.8 Å². The van der Waals surface area contributed by atoms with E-state index < -0.39 is 0 Å². The van der Waals surface area contributed by atoms with E-state index in [0.717, 1.165) is 77.3 Å². The predicted octanol–water partition coefficient (Wildman–Crippen LogP) is 14.1. The molecule has 0 aliphatic rings. The van der Waals surface area contributed by atoms with E-state index in [1.165, 1.54) is 32.3 Å². The van der Waals surface area contributed by atoms with Crippen molar-refractivity contribution in [2.75, 3.05) is 0 Å². The molecule has 0 N–H and O–H groups in total. The first-order valence-electron chi connectivity index (χ1n) is 19.8. The van der Waals surface area contributed by atoms with Gasteiger partial charge in [-0.1, -0.05) is 140 Å². The Morgan fingerprint density at radius 2 is 0.949 bits per heavy atom. The van der Waals surface area contributed by atoms with E-state index in [1.54, 1.807) is 0 Å². The highest BCUT2D eigenvalue weighted by atomic mass is 16.3. The summed E-state index contributed by atoms with van der Waals surface area (Å²) in [5.41, 5.74) is 9.02. The van der Waals surface area contributed by atoms with E-state index in [-0.39, 0.29) is 0 Å². The zero-order valence-corrected chi connectivity index (χ0v) is 31.4. The van der Waals surface area contributed by atoms with Crippen molar-refractivity contribution in [1.29, 1.82) is 0 Å². The molecule has 0 aliphatic carbocycles. The van der Waals surface area contributed by atoms with Crippen LogP contribution in [0.4, 0.5) is 0 Å². The lowest BCUT2D eigenvalue weighted by molar-refractivity contribution is 0.666. The Bertz CT molecular complexity index is 3860. The van der Waals surface area contributed by atoms with Gasteiger partial charge in [0.05, 0.1) is 16.7 Å². The summed E-state index contributed by atoms with van der Waals surface area (Å²) in [7, 11) is 0. The Morgan fingerprint density at radius 1 is 0.356 bits per heavy atom. The van der Waals surface area contributed by atoms with Crippen molar-refractivity contribution < 1.29 is 8.83 Å². The summed E-state index contributed by atoms with van der Waals surface area (Å²) in [4.78, 5) is 15.6. The Kier molecular flexibility index (Phi) is 6.63. The molecule has 0 fully saturated rings. The Labute approximate surface area is 336 Å². The van der Waals surface area contributed by atoms with Crippen molar-refractivity contribution >= 4 is 87.2 Å². The number of aromatic nitrogens is 4. The van der Waals surface area contributed by atoms with Crippen molar-refractivity contribution in [3.05, 3.63) is 182 Å². The molecule has 6 heteroatoms. The summed E-state index contributed by atoms with van der Waals surface area (Å²) in [5, 5.41) is 11.2. The maximum atomic E-state index is 6.96. The van der Waals surface area contributed by atoms with E-state index in [4.69, 9.17) is 23.8 Å². The number of para-hydroxylation sites is 2. The van der Waals surface area contributed by atoms with Gasteiger partial charge in [-0.05, 0) is 64.0 Å². The fourth-order valence-corrected chi connectivity index (χ4v) is 9.22. The molecule has 59 heavy (non-hydrogen) atoms. The highest BCUT2D eigenvalue weighted by Gasteiger charge is 2.23. The van der Waals surface area contributed by atoms with E-state index >= 15 is 0 Å².